The van der Waals surface area contributed by atoms with E-state index >= 15 is 0 Å². The summed E-state index contributed by atoms with van der Waals surface area (Å²) in [7, 11) is 0. The summed E-state index contributed by atoms with van der Waals surface area (Å²) in [5.41, 5.74) is 9.06. The average Bonchev–Trinajstić information content (AvgIpc) is 2.41. The van der Waals surface area contributed by atoms with E-state index in [1.807, 2.05) is 56.3 Å². The van der Waals surface area contributed by atoms with Crippen LogP contribution in [0.25, 0.3) is 11.1 Å². The molecule has 0 spiro atoms. The molecule has 2 nitrogen and oxygen atoms in total. The highest BCUT2D eigenvalue weighted by atomic mass is 35.5. The molecule has 2 rings (SSSR count). The molecule has 0 radical (unpaired) electrons. The minimum atomic E-state index is 0.0415. The van der Waals surface area contributed by atoms with Gasteiger partial charge in [-0.05, 0) is 43.2 Å². The molecule has 2 aromatic carbocycles. The summed E-state index contributed by atoms with van der Waals surface area (Å²) in [6, 6.07) is 13.9. The molecule has 0 amide bonds. The first kappa shape index (κ1) is 13.9. The van der Waals surface area contributed by atoms with Crippen LogP contribution < -0.4 is 10.5 Å². The number of nitrogens with two attached hydrogens (primary N) is 1. The molecule has 2 N–H and O–H groups in total. The maximum absolute atomic E-state index is 6.07. The maximum atomic E-state index is 6.07. The van der Waals surface area contributed by atoms with Crippen molar-refractivity contribution in [1.82, 2.24) is 0 Å². The Morgan fingerprint density at radius 2 is 1.84 bits per heavy atom. The summed E-state index contributed by atoms with van der Waals surface area (Å²) < 4.78 is 5.64. The van der Waals surface area contributed by atoms with E-state index < -0.39 is 0 Å². The third kappa shape index (κ3) is 3.28. The Morgan fingerprint density at radius 3 is 2.42 bits per heavy atom. The largest absolute Gasteiger partial charge is 0.493 e. The Morgan fingerprint density at radius 1 is 1.16 bits per heavy atom. The van der Waals surface area contributed by atoms with Crippen LogP contribution in [0.15, 0.2) is 42.5 Å². The highest BCUT2D eigenvalue weighted by Gasteiger charge is 2.08. The summed E-state index contributed by atoms with van der Waals surface area (Å²) in [6.07, 6.45) is 0. The van der Waals surface area contributed by atoms with Crippen LogP contribution in [0, 0.1) is 0 Å². The second-order valence-corrected chi connectivity index (χ2v) is 4.92. The van der Waals surface area contributed by atoms with Gasteiger partial charge in [-0.1, -0.05) is 35.9 Å². The lowest BCUT2D eigenvalue weighted by Gasteiger charge is -2.12. The van der Waals surface area contributed by atoms with Gasteiger partial charge in [-0.15, -0.1) is 0 Å². The molecule has 19 heavy (non-hydrogen) atoms. The van der Waals surface area contributed by atoms with Crippen LogP contribution in [0.1, 0.15) is 25.5 Å². The highest BCUT2D eigenvalue weighted by Crippen LogP contribution is 2.33. The number of rotatable bonds is 4. The highest BCUT2D eigenvalue weighted by molar-refractivity contribution is 6.31. The maximum Gasteiger partial charge on any atom is 0.127 e. The number of hydrogen-bond donors (Lipinski definition) is 1. The summed E-state index contributed by atoms with van der Waals surface area (Å²) in [4.78, 5) is 0. The Kier molecular flexibility index (Phi) is 4.46. The van der Waals surface area contributed by atoms with Gasteiger partial charge >= 0.3 is 0 Å². The molecule has 1 atom stereocenters. The van der Waals surface area contributed by atoms with E-state index in [1.165, 1.54) is 0 Å². The minimum absolute atomic E-state index is 0.0415. The van der Waals surface area contributed by atoms with E-state index in [9.17, 15) is 0 Å². The fourth-order valence-electron chi connectivity index (χ4n) is 1.98. The van der Waals surface area contributed by atoms with E-state index in [0.29, 0.717) is 11.6 Å². The normalized spacial score (nSPS) is 12.2. The molecule has 100 valence electrons. The van der Waals surface area contributed by atoms with Crippen molar-refractivity contribution in [2.75, 3.05) is 6.61 Å². The zero-order valence-corrected chi connectivity index (χ0v) is 11.9. The lowest BCUT2D eigenvalue weighted by atomic mass is 10.0. The van der Waals surface area contributed by atoms with E-state index in [4.69, 9.17) is 22.1 Å². The predicted octanol–water partition coefficient (Wildman–Crippen LogP) is 4.43. The smallest absolute Gasteiger partial charge is 0.127 e. The molecule has 0 aromatic heterocycles. The van der Waals surface area contributed by atoms with Gasteiger partial charge in [-0.2, -0.15) is 0 Å². The monoisotopic (exact) mass is 275 g/mol. The average molecular weight is 276 g/mol. The van der Waals surface area contributed by atoms with Crippen molar-refractivity contribution >= 4 is 11.6 Å². The van der Waals surface area contributed by atoms with Gasteiger partial charge in [0.1, 0.15) is 5.75 Å². The molecule has 0 bridgehead atoms. The van der Waals surface area contributed by atoms with Crippen LogP contribution >= 0.6 is 11.6 Å². The van der Waals surface area contributed by atoms with Crippen molar-refractivity contribution in [3.8, 4) is 16.9 Å². The summed E-state index contributed by atoms with van der Waals surface area (Å²) >= 11 is 6.07. The van der Waals surface area contributed by atoms with Crippen LogP contribution in [0.3, 0.4) is 0 Å². The first-order valence-electron chi connectivity index (χ1n) is 6.40. The van der Waals surface area contributed by atoms with Crippen LogP contribution in [0.2, 0.25) is 5.02 Å². The van der Waals surface area contributed by atoms with Crippen LogP contribution in [-0.4, -0.2) is 6.61 Å². The van der Waals surface area contributed by atoms with Gasteiger partial charge in [-0.25, -0.2) is 0 Å². The molecule has 0 aliphatic carbocycles. The Labute approximate surface area is 119 Å². The standard InChI is InChI=1S/C16H18ClNO/c1-3-19-16-9-8-14(17)10-15(16)13-6-4-12(5-7-13)11(2)18/h4-11H,3,18H2,1-2H3. The van der Waals surface area contributed by atoms with Crippen LogP contribution in [0.5, 0.6) is 5.75 Å². The molecule has 2 aromatic rings. The fourth-order valence-corrected chi connectivity index (χ4v) is 2.15. The van der Waals surface area contributed by atoms with E-state index in [-0.39, 0.29) is 6.04 Å². The fraction of sp³-hybridized carbons (Fsp3) is 0.250. The van der Waals surface area contributed by atoms with E-state index in [1.54, 1.807) is 0 Å². The minimum Gasteiger partial charge on any atom is -0.493 e. The van der Waals surface area contributed by atoms with Gasteiger partial charge in [0.05, 0.1) is 6.61 Å². The van der Waals surface area contributed by atoms with Crippen molar-refractivity contribution in [1.29, 1.82) is 0 Å². The second-order valence-electron chi connectivity index (χ2n) is 4.48. The molecular formula is C16H18ClNO. The van der Waals surface area contributed by atoms with Crippen molar-refractivity contribution in [3.05, 3.63) is 53.1 Å². The van der Waals surface area contributed by atoms with Gasteiger partial charge in [0.15, 0.2) is 0 Å². The van der Waals surface area contributed by atoms with Gasteiger partial charge in [0.25, 0.3) is 0 Å². The van der Waals surface area contributed by atoms with Crippen LogP contribution in [-0.2, 0) is 0 Å². The lowest BCUT2D eigenvalue weighted by molar-refractivity contribution is 0.341. The van der Waals surface area contributed by atoms with Crippen LogP contribution in [0.4, 0.5) is 0 Å². The summed E-state index contributed by atoms with van der Waals surface area (Å²) in [5, 5.41) is 0.703. The van der Waals surface area contributed by atoms with Crippen molar-refractivity contribution in [2.45, 2.75) is 19.9 Å². The van der Waals surface area contributed by atoms with E-state index in [2.05, 4.69) is 0 Å². The SMILES string of the molecule is CCOc1ccc(Cl)cc1-c1ccc(C(C)N)cc1. The van der Waals surface area contributed by atoms with E-state index in [0.717, 1.165) is 22.4 Å². The molecule has 0 aliphatic heterocycles. The molecule has 0 saturated carbocycles. The molecule has 0 fully saturated rings. The predicted molar refractivity (Wildman–Crippen MR) is 80.7 cm³/mol. The van der Waals surface area contributed by atoms with Gasteiger partial charge in [0, 0.05) is 16.6 Å². The number of halogens is 1. The summed E-state index contributed by atoms with van der Waals surface area (Å²) in [6.45, 7) is 4.57. The molecule has 0 aliphatic rings. The van der Waals surface area contributed by atoms with Crippen molar-refractivity contribution < 1.29 is 4.74 Å². The Balaban J connectivity index is 2.42. The van der Waals surface area contributed by atoms with Crippen molar-refractivity contribution in [3.63, 3.8) is 0 Å². The number of ether oxygens (including phenoxy) is 1. The van der Waals surface area contributed by atoms with Gasteiger partial charge in [0.2, 0.25) is 0 Å². The zero-order chi connectivity index (χ0) is 13.8. The lowest BCUT2D eigenvalue weighted by Crippen LogP contribution is -2.04. The van der Waals surface area contributed by atoms with Gasteiger partial charge in [-0.3, -0.25) is 0 Å². The first-order valence-corrected chi connectivity index (χ1v) is 6.78. The molecule has 0 saturated heterocycles. The second kappa shape index (κ2) is 6.09. The first-order chi connectivity index (χ1) is 9.11. The number of hydrogen-bond acceptors (Lipinski definition) is 2. The molecular weight excluding hydrogens is 258 g/mol. The Bertz CT molecular complexity index is 549. The van der Waals surface area contributed by atoms with Crippen molar-refractivity contribution in [2.24, 2.45) is 5.73 Å². The number of benzene rings is 2. The molecule has 3 heteroatoms. The Hall–Kier alpha value is -1.51. The van der Waals surface area contributed by atoms with Gasteiger partial charge < -0.3 is 10.5 Å². The quantitative estimate of drug-likeness (QED) is 0.896. The summed E-state index contributed by atoms with van der Waals surface area (Å²) in [5.74, 6) is 0.848. The topological polar surface area (TPSA) is 35.2 Å². The molecule has 1 unspecified atom stereocenters. The zero-order valence-electron chi connectivity index (χ0n) is 11.2. The molecule has 0 heterocycles. The third-order valence-corrected chi connectivity index (χ3v) is 3.22. The third-order valence-electron chi connectivity index (χ3n) is 2.99.